The van der Waals surface area contributed by atoms with Crippen molar-refractivity contribution in [2.45, 2.75) is 46.1 Å². The van der Waals surface area contributed by atoms with E-state index in [4.69, 9.17) is 16.3 Å². The maximum absolute atomic E-state index is 11.8. The number of benzene rings is 1. The minimum Gasteiger partial charge on any atom is -0.462 e. The first-order chi connectivity index (χ1) is 16.6. The summed E-state index contributed by atoms with van der Waals surface area (Å²) >= 11 is 6.27. The van der Waals surface area contributed by atoms with Crippen molar-refractivity contribution in [3.63, 3.8) is 0 Å². The standard InChI is InChI=1S/C26H34ClN5O2/c1-3-11-32-18-20(23-14-22(27)5-6-24(23)32)7-10-28-15-19-8-12-31(13-9-19)26-29-16-21(17-30-26)25(33)34-4-2/h5-6,14,16-19,28H,3-4,7-13,15H2,1-2H3. The average molecular weight is 484 g/mol. The fourth-order valence-electron chi connectivity index (χ4n) is 4.64. The van der Waals surface area contributed by atoms with Crippen LogP contribution in [0.3, 0.4) is 0 Å². The highest BCUT2D eigenvalue weighted by atomic mass is 35.5. The van der Waals surface area contributed by atoms with E-state index >= 15 is 0 Å². The van der Waals surface area contributed by atoms with Crippen molar-refractivity contribution in [1.82, 2.24) is 19.9 Å². The number of halogens is 1. The number of hydrogen-bond acceptors (Lipinski definition) is 6. The van der Waals surface area contributed by atoms with E-state index in [9.17, 15) is 4.79 Å². The summed E-state index contributed by atoms with van der Waals surface area (Å²) < 4.78 is 7.34. The number of piperidine rings is 1. The largest absolute Gasteiger partial charge is 0.462 e. The molecule has 7 nitrogen and oxygen atoms in total. The predicted octanol–water partition coefficient (Wildman–Crippen LogP) is 4.72. The monoisotopic (exact) mass is 483 g/mol. The molecule has 1 N–H and O–H groups in total. The number of carbonyl (C=O) groups excluding carboxylic acids is 1. The molecule has 0 amide bonds. The van der Waals surface area contributed by atoms with Gasteiger partial charge in [0.1, 0.15) is 0 Å². The third-order valence-corrected chi connectivity index (χ3v) is 6.68. The normalized spacial score (nSPS) is 14.6. The van der Waals surface area contributed by atoms with Gasteiger partial charge in [0.05, 0.1) is 12.2 Å². The van der Waals surface area contributed by atoms with Crippen LogP contribution < -0.4 is 10.2 Å². The van der Waals surface area contributed by atoms with Crippen LogP contribution in [0.4, 0.5) is 5.95 Å². The number of esters is 1. The van der Waals surface area contributed by atoms with Gasteiger partial charge in [0, 0.05) is 54.2 Å². The Kier molecular flexibility index (Phi) is 8.40. The fourth-order valence-corrected chi connectivity index (χ4v) is 4.81. The second-order valence-electron chi connectivity index (χ2n) is 8.89. The zero-order valence-corrected chi connectivity index (χ0v) is 20.9. The summed E-state index contributed by atoms with van der Waals surface area (Å²) in [6, 6.07) is 6.20. The number of ether oxygens (including phenoxy) is 1. The van der Waals surface area contributed by atoms with Gasteiger partial charge < -0.3 is 19.5 Å². The molecule has 2 aromatic heterocycles. The van der Waals surface area contributed by atoms with Crippen LogP contribution in [0.1, 0.15) is 49.0 Å². The molecule has 182 valence electrons. The van der Waals surface area contributed by atoms with Crippen molar-refractivity contribution in [2.75, 3.05) is 37.7 Å². The first kappa shape index (κ1) is 24.5. The molecule has 1 aromatic carbocycles. The molecule has 0 radical (unpaired) electrons. The molecule has 1 aliphatic heterocycles. The summed E-state index contributed by atoms with van der Waals surface area (Å²) in [6.45, 7) is 9.19. The molecule has 34 heavy (non-hydrogen) atoms. The zero-order chi connectivity index (χ0) is 23.9. The molecule has 0 bridgehead atoms. The molecular formula is C26H34ClN5O2. The van der Waals surface area contributed by atoms with Crippen molar-refractivity contribution in [2.24, 2.45) is 5.92 Å². The van der Waals surface area contributed by atoms with Crippen LogP contribution in [-0.2, 0) is 17.7 Å². The van der Waals surface area contributed by atoms with E-state index in [2.05, 4.69) is 50.0 Å². The number of nitrogens with zero attached hydrogens (tertiary/aromatic N) is 4. The van der Waals surface area contributed by atoms with Gasteiger partial charge in [-0.2, -0.15) is 0 Å². The molecule has 0 unspecified atom stereocenters. The molecule has 1 fully saturated rings. The number of fused-ring (bicyclic) bond motifs is 1. The van der Waals surface area contributed by atoms with Crippen LogP contribution >= 0.6 is 11.6 Å². The van der Waals surface area contributed by atoms with Gasteiger partial charge >= 0.3 is 5.97 Å². The fraction of sp³-hybridized carbons (Fsp3) is 0.500. The number of nitrogens with one attached hydrogen (secondary N) is 1. The molecule has 0 saturated carbocycles. The van der Waals surface area contributed by atoms with E-state index in [1.807, 2.05) is 6.07 Å². The van der Waals surface area contributed by atoms with Gasteiger partial charge in [0.25, 0.3) is 0 Å². The maximum atomic E-state index is 11.8. The average Bonchev–Trinajstić information content (AvgIpc) is 3.19. The van der Waals surface area contributed by atoms with Gasteiger partial charge in [-0.15, -0.1) is 0 Å². The summed E-state index contributed by atoms with van der Waals surface area (Å²) in [5.41, 5.74) is 3.02. The van der Waals surface area contributed by atoms with Crippen molar-refractivity contribution < 1.29 is 9.53 Å². The minimum atomic E-state index is -0.378. The molecular weight excluding hydrogens is 450 g/mol. The Morgan fingerprint density at radius 1 is 1.21 bits per heavy atom. The van der Waals surface area contributed by atoms with E-state index in [1.54, 1.807) is 19.3 Å². The zero-order valence-electron chi connectivity index (χ0n) is 20.1. The highest BCUT2D eigenvalue weighted by Gasteiger charge is 2.21. The molecule has 0 aliphatic carbocycles. The van der Waals surface area contributed by atoms with Gasteiger partial charge in [-0.3, -0.25) is 0 Å². The molecule has 1 aliphatic rings. The lowest BCUT2D eigenvalue weighted by atomic mass is 9.97. The van der Waals surface area contributed by atoms with Crippen molar-refractivity contribution in [1.29, 1.82) is 0 Å². The van der Waals surface area contributed by atoms with Crippen LogP contribution in [0.25, 0.3) is 10.9 Å². The molecule has 4 rings (SSSR count). The highest BCUT2D eigenvalue weighted by molar-refractivity contribution is 6.31. The topological polar surface area (TPSA) is 72.3 Å². The number of hydrogen-bond donors (Lipinski definition) is 1. The third-order valence-electron chi connectivity index (χ3n) is 6.44. The summed E-state index contributed by atoms with van der Waals surface area (Å²) in [5, 5.41) is 5.73. The third kappa shape index (κ3) is 5.88. The van der Waals surface area contributed by atoms with E-state index in [0.29, 0.717) is 24.0 Å². The van der Waals surface area contributed by atoms with Crippen molar-refractivity contribution in [3.05, 3.63) is 52.9 Å². The Bertz CT molecular complexity index is 1090. The molecule has 0 spiro atoms. The van der Waals surface area contributed by atoms with Gasteiger partial charge in [-0.25, -0.2) is 14.8 Å². The quantitative estimate of drug-likeness (QED) is 0.332. The number of carbonyl (C=O) groups is 1. The molecule has 3 aromatic rings. The Morgan fingerprint density at radius 2 is 1.97 bits per heavy atom. The Morgan fingerprint density at radius 3 is 2.68 bits per heavy atom. The highest BCUT2D eigenvalue weighted by Crippen LogP contribution is 2.26. The van der Waals surface area contributed by atoms with Gasteiger partial charge in [-0.1, -0.05) is 18.5 Å². The van der Waals surface area contributed by atoms with Gasteiger partial charge in [-0.05, 0) is 75.4 Å². The molecule has 8 heteroatoms. The van der Waals surface area contributed by atoms with E-state index in [0.717, 1.165) is 63.4 Å². The number of aryl methyl sites for hydroxylation is 1. The van der Waals surface area contributed by atoms with Crippen LogP contribution in [0.15, 0.2) is 36.8 Å². The lowest BCUT2D eigenvalue weighted by molar-refractivity contribution is 0.0525. The second kappa shape index (κ2) is 11.7. The lowest BCUT2D eigenvalue weighted by Crippen LogP contribution is -2.38. The van der Waals surface area contributed by atoms with Gasteiger partial charge in [0.15, 0.2) is 0 Å². The molecule has 3 heterocycles. The van der Waals surface area contributed by atoms with Crippen molar-refractivity contribution in [3.8, 4) is 0 Å². The summed E-state index contributed by atoms with van der Waals surface area (Å²) in [5.74, 6) is 0.948. The minimum absolute atomic E-state index is 0.346. The number of rotatable bonds is 10. The van der Waals surface area contributed by atoms with Crippen LogP contribution in [0, 0.1) is 5.92 Å². The van der Waals surface area contributed by atoms with Crippen LogP contribution in [-0.4, -0.2) is 53.3 Å². The van der Waals surface area contributed by atoms with Crippen molar-refractivity contribution >= 4 is 34.4 Å². The molecule has 1 saturated heterocycles. The van der Waals surface area contributed by atoms with E-state index in [-0.39, 0.29) is 5.97 Å². The number of aromatic nitrogens is 3. The van der Waals surface area contributed by atoms with Crippen LogP contribution in [0.5, 0.6) is 0 Å². The second-order valence-corrected chi connectivity index (χ2v) is 9.32. The first-order valence-corrected chi connectivity index (χ1v) is 12.7. The first-order valence-electron chi connectivity index (χ1n) is 12.3. The maximum Gasteiger partial charge on any atom is 0.341 e. The van der Waals surface area contributed by atoms with E-state index < -0.39 is 0 Å². The number of anilines is 1. The SMILES string of the molecule is CCCn1cc(CCNCC2CCN(c3ncc(C(=O)OCC)cn3)CC2)c2cc(Cl)ccc21. The Labute approximate surface area is 206 Å². The summed E-state index contributed by atoms with van der Waals surface area (Å²) in [7, 11) is 0. The lowest BCUT2D eigenvalue weighted by Gasteiger charge is -2.32. The Hall–Kier alpha value is -2.64. The Balaban J connectivity index is 1.23. The van der Waals surface area contributed by atoms with Crippen LogP contribution in [0.2, 0.25) is 5.02 Å². The van der Waals surface area contributed by atoms with E-state index in [1.165, 1.54) is 16.5 Å². The smallest absolute Gasteiger partial charge is 0.341 e. The summed E-state index contributed by atoms with van der Waals surface area (Å²) in [4.78, 5) is 22.7. The summed E-state index contributed by atoms with van der Waals surface area (Å²) in [6.07, 6.45) is 9.70. The molecule has 0 atom stereocenters. The van der Waals surface area contributed by atoms with Gasteiger partial charge in [0.2, 0.25) is 5.95 Å². The predicted molar refractivity (Wildman–Crippen MR) is 137 cm³/mol.